The molecule has 2 heterocycles. The number of rotatable bonds is 3. The molecule has 1 aliphatic heterocycles. The van der Waals surface area contributed by atoms with Crippen LogP contribution < -0.4 is 4.90 Å². The maximum Gasteiger partial charge on any atom is 0.143 e. The Morgan fingerprint density at radius 3 is 3.00 bits per heavy atom. The summed E-state index contributed by atoms with van der Waals surface area (Å²) in [5, 5.41) is 1.07. The predicted molar refractivity (Wildman–Crippen MR) is 80.1 cm³/mol. The summed E-state index contributed by atoms with van der Waals surface area (Å²) in [7, 11) is 0. The normalized spacial score (nSPS) is 20.6. The second kappa shape index (κ2) is 6.19. The number of piperidine rings is 1. The van der Waals surface area contributed by atoms with Gasteiger partial charge >= 0.3 is 0 Å². The molecule has 94 valence electrons. The minimum absolute atomic E-state index is 0.634. The smallest absolute Gasteiger partial charge is 0.143 e. The van der Waals surface area contributed by atoms with Crippen molar-refractivity contribution in [3.63, 3.8) is 0 Å². The molecule has 0 radical (unpaired) electrons. The molecule has 0 aromatic carbocycles. The molecule has 0 amide bonds. The van der Waals surface area contributed by atoms with E-state index in [2.05, 4.69) is 54.7 Å². The van der Waals surface area contributed by atoms with Gasteiger partial charge in [0.25, 0.3) is 0 Å². The van der Waals surface area contributed by atoms with Gasteiger partial charge in [0.2, 0.25) is 0 Å². The van der Waals surface area contributed by atoms with Crippen LogP contribution >= 0.6 is 31.9 Å². The molecule has 0 N–H and O–H groups in total. The van der Waals surface area contributed by atoms with Crippen LogP contribution in [0.2, 0.25) is 0 Å². The first-order valence-electron chi connectivity index (χ1n) is 6.17. The number of aryl methyl sites for hydroxylation is 1. The van der Waals surface area contributed by atoms with Crippen LogP contribution in [0.4, 0.5) is 5.82 Å². The molecular formula is C13H18Br2N2. The number of anilines is 1. The monoisotopic (exact) mass is 360 g/mol. The zero-order chi connectivity index (χ0) is 12.3. The third kappa shape index (κ3) is 3.22. The standard InChI is InChI=1S/C13H18Br2N2/c1-10-8-12(15)13(16-9-10)17-7-3-2-4-11(17)5-6-14/h8-9,11H,2-7H2,1H3. The van der Waals surface area contributed by atoms with Gasteiger partial charge in [-0.2, -0.15) is 0 Å². The molecule has 0 bridgehead atoms. The van der Waals surface area contributed by atoms with Crippen LogP contribution in [0.1, 0.15) is 31.2 Å². The maximum absolute atomic E-state index is 4.60. The number of hydrogen-bond acceptors (Lipinski definition) is 2. The fraction of sp³-hybridized carbons (Fsp3) is 0.615. The fourth-order valence-electron chi connectivity index (χ4n) is 2.44. The van der Waals surface area contributed by atoms with Gasteiger partial charge in [-0.25, -0.2) is 4.98 Å². The minimum Gasteiger partial charge on any atom is -0.353 e. The number of nitrogens with zero attached hydrogens (tertiary/aromatic N) is 2. The van der Waals surface area contributed by atoms with Gasteiger partial charge in [0, 0.05) is 24.1 Å². The highest BCUT2D eigenvalue weighted by Gasteiger charge is 2.24. The van der Waals surface area contributed by atoms with Gasteiger partial charge in [0.05, 0.1) is 4.47 Å². The van der Waals surface area contributed by atoms with Crippen molar-refractivity contribution in [2.24, 2.45) is 0 Å². The molecule has 2 rings (SSSR count). The lowest BCUT2D eigenvalue weighted by atomic mass is 10.00. The summed E-state index contributed by atoms with van der Waals surface area (Å²) in [6.45, 7) is 3.21. The lowest BCUT2D eigenvalue weighted by Gasteiger charge is -2.37. The molecule has 1 atom stereocenters. The summed E-state index contributed by atoms with van der Waals surface area (Å²) >= 11 is 7.20. The highest BCUT2D eigenvalue weighted by molar-refractivity contribution is 9.10. The number of pyridine rings is 1. The van der Waals surface area contributed by atoms with Gasteiger partial charge in [0.15, 0.2) is 0 Å². The number of alkyl halides is 1. The highest BCUT2D eigenvalue weighted by atomic mass is 79.9. The Morgan fingerprint density at radius 2 is 2.29 bits per heavy atom. The zero-order valence-electron chi connectivity index (χ0n) is 10.1. The number of aromatic nitrogens is 1. The molecule has 1 aliphatic rings. The third-order valence-electron chi connectivity index (χ3n) is 3.30. The van der Waals surface area contributed by atoms with Crippen molar-refractivity contribution in [3.05, 3.63) is 22.3 Å². The fourth-order valence-corrected chi connectivity index (χ4v) is 3.66. The number of hydrogen-bond donors (Lipinski definition) is 0. The molecular weight excluding hydrogens is 344 g/mol. The molecule has 4 heteroatoms. The Bertz CT molecular complexity index is 380. The van der Waals surface area contributed by atoms with Crippen molar-refractivity contribution >= 4 is 37.7 Å². The molecule has 0 spiro atoms. The van der Waals surface area contributed by atoms with Gasteiger partial charge in [-0.3, -0.25) is 0 Å². The summed E-state index contributed by atoms with van der Waals surface area (Å²) in [4.78, 5) is 7.06. The van der Waals surface area contributed by atoms with Crippen LogP contribution in [0, 0.1) is 6.92 Å². The molecule has 17 heavy (non-hydrogen) atoms. The van der Waals surface area contributed by atoms with Crippen LogP contribution in [0.15, 0.2) is 16.7 Å². The Balaban J connectivity index is 2.23. The highest BCUT2D eigenvalue weighted by Crippen LogP contribution is 2.31. The Hall–Kier alpha value is -0.0900. The van der Waals surface area contributed by atoms with Crippen LogP contribution in [-0.2, 0) is 0 Å². The van der Waals surface area contributed by atoms with E-state index in [1.165, 1.54) is 31.2 Å². The van der Waals surface area contributed by atoms with E-state index >= 15 is 0 Å². The zero-order valence-corrected chi connectivity index (χ0v) is 13.3. The molecule has 0 aliphatic carbocycles. The average Bonchev–Trinajstić information content (AvgIpc) is 2.31. The van der Waals surface area contributed by atoms with Crippen molar-refractivity contribution < 1.29 is 0 Å². The van der Waals surface area contributed by atoms with Crippen LogP contribution in [0.3, 0.4) is 0 Å². The van der Waals surface area contributed by atoms with E-state index in [1.807, 2.05) is 6.20 Å². The van der Waals surface area contributed by atoms with E-state index in [-0.39, 0.29) is 0 Å². The Kier molecular flexibility index (Phi) is 4.86. The van der Waals surface area contributed by atoms with Gasteiger partial charge < -0.3 is 4.90 Å². The third-order valence-corrected chi connectivity index (χ3v) is 4.34. The summed E-state index contributed by atoms with van der Waals surface area (Å²) in [6.07, 6.45) is 7.06. The Morgan fingerprint density at radius 1 is 1.47 bits per heavy atom. The van der Waals surface area contributed by atoms with Crippen LogP contribution in [-0.4, -0.2) is 22.9 Å². The van der Waals surface area contributed by atoms with Crippen molar-refractivity contribution in [1.29, 1.82) is 0 Å². The van der Waals surface area contributed by atoms with E-state index in [0.717, 1.165) is 22.2 Å². The first kappa shape index (κ1) is 13.3. The van der Waals surface area contributed by atoms with Crippen LogP contribution in [0.5, 0.6) is 0 Å². The quantitative estimate of drug-likeness (QED) is 0.746. The molecule has 0 saturated carbocycles. The summed E-state index contributed by atoms with van der Waals surface area (Å²) < 4.78 is 1.12. The molecule has 1 fully saturated rings. The lowest BCUT2D eigenvalue weighted by molar-refractivity contribution is 0.449. The summed E-state index contributed by atoms with van der Waals surface area (Å²) in [5.74, 6) is 1.11. The Labute approximate surface area is 120 Å². The van der Waals surface area contributed by atoms with E-state index in [1.54, 1.807) is 0 Å². The minimum atomic E-state index is 0.634. The molecule has 1 aromatic heterocycles. The molecule has 1 saturated heterocycles. The lowest BCUT2D eigenvalue weighted by Crippen LogP contribution is -2.40. The van der Waals surface area contributed by atoms with E-state index < -0.39 is 0 Å². The average molecular weight is 362 g/mol. The van der Waals surface area contributed by atoms with Crippen molar-refractivity contribution in [2.75, 3.05) is 16.8 Å². The molecule has 1 aromatic rings. The predicted octanol–water partition coefficient (Wildman–Crippen LogP) is 4.30. The maximum atomic E-state index is 4.60. The molecule has 1 unspecified atom stereocenters. The van der Waals surface area contributed by atoms with E-state index in [4.69, 9.17) is 0 Å². The van der Waals surface area contributed by atoms with E-state index in [9.17, 15) is 0 Å². The number of halogens is 2. The largest absolute Gasteiger partial charge is 0.353 e. The van der Waals surface area contributed by atoms with Crippen molar-refractivity contribution in [1.82, 2.24) is 4.98 Å². The van der Waals surface area contributed by atoms with Gasteiger partial charge in [-0.1, -0.05) is 15.9 Å². The second-order valence-electron chi connectivity index (χ2n) is 4.64. The van der Waals surface area contributed by atoms with Crippen LogP contribution in [0.25, 0.3) is 0 Å². The van der Waals surface area contributed by atoms with Crippen molar-refractivity contribution in [2.45, 2.75) is 38.6 Å². The topological polar surface area (TPSA) is 16.1 Å². The van der Waals surface area contributed by atoms with Gasteiger partial charge in [-0.15, -0.1) is 0 Å². The van der Waals surface area contributed by atoms with Gasteiger partial charge in [-0.05, 0) is 60.2 Å². The second-order valence-corrected chi connectivity index (χ2v) is 6.29. The SMILES string of the molecule is Cc1cnc(N2CCCCC2CCBr)c(Br)c1. The first-order chi connectivity index (χ1) is 8.22. The molecule has 2 nitrogen and oxygen atoms in total. The summed E-state index contributed by atoms with van der Waals surface area (Å²) in [5.41, 5.74) is 1.20. The van der Waals surface area contributed by atoms with E-state index in [0.29, 0.717) is 6.04 Å². The van der Waals surface area contributed by atoms with Crippen molar-refractivity contribution in [3.8, 4) is 0 Å². The summed E-state index contributed by atoms with van der Waals surface area (Å²) in [6, 6.07) is 2.79. The first-order valence-corrected chi connectivity index (χ1v) is 8.08. The van der Waals surface area contributed by atoms with Gasteiger partial charge in [0.1, 0.15) is 5.82 Å².